The van der Waals surface area contributed by atoms with Crippen molar-refractivity contribution in [2.24, 2.45) is 5.92 Å². The molecule has 0 radical (unpaired) electrons. The van der Waals surface area contributed by atoms with Crippen molar-refractivity contribution in [3.05, 3.63) is 0 Å². The fourth-order valence-electron chi connectivity index (χ4n) is 2.58. The van der Waals surface area contributed by atoms with Crippen molar-refractivity contribution in [3.63, 3.8) is 0 Å². The Bertz CT molecular complexity index is 299. The van der Waals surface area contributed by atoms with Gasteiger partial charge in [-0.1, -0.05) is 0 Å². The first kappa shape index (κ1) is 12.4. The number of ether oxygens (including phenoxy) is 2. The van der Waals surface area contributed by atoms with E-state index in [9.17, 15) is 9.59 Å². The zero-order valence-corrected chi connectivity index (χ0v) is 10.2. The molecule has 0 aromatic rings. The molecule has 2 heterocycles. The van der Waals surface area contributed by atoms with Crippen LogP contribution in [0.15, 0.2) is 0 Å². The van der Waals surface area contributed by atoms with E-state index in [1.165, 1.54) is 7.11 Å². The Hall–Kier alpha value is -1.10. The highest BCUT2D eigenvalue weighted by molar-refractivity contribution is 5.86. The van der Waals surface area contributed by atoms with Gasteiger partial charge in [0.2, 0.25) is 5.91 Å². The van der Waals surface area contributed by atoms with Crippen LogP contribution in [0.2, 0.25) is 0 Å². The minimum Gasteiger partial charge on any atom is -0.467 e. The van der Waals surface area contributed by atoms with Gasteiger partial charge in [-0.2, -0.15) is 0 Å². The fourth-order valence-corrected chi connectivity index (χ4v) is 2.58. The normalized spacial score (nSPS) is 29.1. The number of amides is 1. The Morgan fingerprint density at radius 3 is 2.76 bits per heavy atom. The van der Waals surface area contributed by atoms with Gasteiger partial charge >= 0.3 is 5.97 Å². The summed E-state index contributed by atoms with van der Waals surface area (Å²) in [5, 5.41) is 0. The first-order valence-corrected chi connectivity index (χ1v) is 6.20. The molecule has 0 aromatic heterocycles. The number of hydrogen-bond acceptors (Lipinski definition) is 4. The maximum Gasteiger partial charge on any atom is 0.328 e. The summed E-state index contributed by atoms with van der Waals surface area (Å²) in [6, 6.07) is -0.380. The summed E-state index contributed by atoms with van der Waals surface area (Å²) in [4.78, 5) is 25.5. The second kappa shape index (κ2) is 5.49. The SMILES string of the molecule is COC(=O)C1CCCN1C(=O)C1CCCOC1. The quantitative estimate of drug-likeness (QED) is 0.663. The van der Waals surface area contributed by atoms with E-state index in [-0.39, 0.29) is 23.8 Å². The van der Waals surface area contributed by atoms with Gasteiger partial charge in [0.25, 0.3) is 0 Å². The van der Waals surface area contributed by atoms with E-state index < -0.39 is 0 Å². The van der Waals surface area contributed by atoms with Gasteiger partial charge in [-0.05, 0) is 25.7 Å². The standard InChI is InChI=1S/C12H19NO4/c1-16-12(15)10-5-2-6-13(10)11(14)9-4-3-7-17-8-9/h9-10H,2-8H2,1H3. The highest BCUT2D eigenvalue weighted by Crippen LogP contribution is 2.24. The molecular formula is C12H19NO4. The Kier molecular flexibility index (Phi) is 3.99. The smallest absolute Gasteiger partial charge is 0.328 e. The van der Waals surface area contributed by atoms with Gasteiger partial charge in [-0.3, -0.25) is 4.79 Å². The van der Waals surface area contributed by atoms with E-state index in [4.69, 9.17) is 9.47 Å². The van der Waals surface area contributed by atoms with Crippen LogP contribution in [0.4, 0.5) is 0 Å². The van der Waals surface area contributed by atoms with Gasteiger partial charge in [0.15, 0.2) is 0 Å². The molecule has 96 valence electrons. The predicted octanol–water partition coefficient (Wildman–Crippen LogP) is 0.577. The third-order valence-corrected chi connectivity index (χ3v) is 3.52. The molecule has 2 rings (SSSR count). The predicted molar refractivity (Wildman–Crippen MR) is 60.3 cm³/mol. The largest absolute Gasteiger partial charge is 0.467 e. The third kappa shape index (κ3) is 2.60. The second-order valence-electron chi connectivity index (χ2n) is 4.63. The number of carbonyl (C=O) groups is 2. The average Bonchev–Trinajstić information content (AvgIpc) is 2.87. The van der Waals surface area contributed by atoms with E-state index in [1.807, 2.05) is 0 Å². The lowest BCUT2D eigenvalue weighted by atomic mass is 10.0. The molecule has 5 heteroatoms. The molecular weight excluding hydrogens is 222 g/mol. The fraction of sp³-hybridized carbons (Fsp3) is 0.833. The van der Waals surface area contributed by atoms with Crippen molar-refractivity contribution in [2.45, 2.75) is 31.7 Å². The zero-order chi connectivity index (χ0) is 12.3. The molecule has 2 fully saturated rings. The highest BCUT2D eigenvalue weighted by Gasteiger charge is 2.38. The van der Waals surface area contributed by atoms with E-state index >= 15 is 0 Å². The molecule has 1 amide bonds. The van der Waals surface area contributed by atoms with Gasteiger partial charge in [-0.15, -0.1) is 0 Å². The maximum atomic E-state index is 12.3. The van der Waals surface area contributed by atoms with E-state index in [0.717, 1.165) is 25.9 Å². The number of likely N-dealkylation sites (tertiary alicyclic amines) is 1. The van der Waals surface area contributed by atoms with Crippen LogP contribution < -0.4 is 0 Å². The molecule has 0 N–H and O–H groups in total. The van der Waals surface area contributed by atoms with Crippen LogP contribution in [0, 0.1) is 5.92 Å². The van der Waals surface area contributed by atoms with E-state index in [1.54, 1.807) is 4.90 Å². The summed E-state index contributed by atoms with van der Waals surface area (Å²) in [6.07, 6.45) is 3.38. The Morgan fingerprint density at radius 1 is 1.29 bits per heavy atom. The zero-order valence-electron chi connectivity index (χ0n) is 10.2. The van der Waals surface area contributed by atoms with Gasteiger partial charge in [0.05, 0.1) is 19.6 Å². The summed E-state index contributed by atoms with van der Waals surface area (Å²) in [5.74, 6) is -0.320. The number of methoxy groups -OCH3 is 1. The van der Waals surface area contributed by atoms with Gasteiger partial charge in [0.1, 0.15) is 6.04 Å². The Labute approximate surface area is 101 Å². The molecule has 0 spiro atoms. The van der Waals surface area contributed by atoms with E-state index in [0.29, 0.717) is 19.6 Å². The summed E-state index contributed by atoms with van der Waals surface area (Å²) in [7, 11) is 1.37. The molecule has 0 saturated carbocycles. The van der Waals surface area contributed by atoms with Crippen LogP contribution in [0.5, 0.6) is 0 Å². The molecule has 2 saturated heterocycles. The minimum atomic E-state index is -0.380. The van der Waals surface area contributed by atoms with Gasteiger partial charge < -0.3 is 14.4 Å². The van der Waals surface area contributed by atoms with Crippen molar-refractivity contribution >= 4 is 11.9 Å². The second-order valence-corrected chi connectivity index (χ2v) is 4.63. The summed E-state index contributed by atoms with van der Waals surface area (Å²) < 4.78 is 10.1. The Morgan fingerprint density at radius 2 is 2.12 bits per heavy atom. The van der Waals surface area contributed by atoms with Crippen molar-refractivity contribution in [2.75, 3.05) is 26.9 Å². The maximum absolute atomic E-state index is 12.3. The molecule has 0 bridgehead atoms. The summed E-state index contributed by atoms with van der Waals surface area (Å²) in [6.45, 7) is 1.89. The lowest BCUT2D eigenvalue weighted by molar-refractivity contribution is -0.154. The molecule has 2 unspecified atom stereocenters. The van der Waals surface area contributed by atoms with Gasteiger partial charge in [-0.25, -0.2) is 4.79 Å². The molecule has 0 aliphatic carbocycles. The lowest BCUT2D eigenvalue weighted by Crippen LogP contribution is -2.45. The average molecular weight is 241 g/mol. The summed E-state index contributed by atoms with van der Waals surface area (Å²) >= 11 is 0. The molecule has 2 atom stereocenters. The van der Waals surface area contributed by atoms with Crippen LogP contribution in [-0.4, -0.2) is 49.7 Å². The third-order valence-electron chi connectivity index (χ3n) is 3.52. The minimum absolute atomic E-state index is 0.0533. The van der Waals surface area contributed by atoms with Crippen LogP contribution >= 0.6 is 0 Å². The number of rotatable bonds is 2. The van der Waals surface area contributed by atoms with Crippen molar-refractivity contribution in [1.29, 1.82) is 0 Å². The number of hydrogen-bond donors (Lipinski definition) is 0. The van der Waals surface area contributed by atoms with Gasteiger partial charge in [0, 0.05) is 13.2 Å². The van der Waals surface area contributed by atoms with Crippen LogP contribution in [0.1, 0.15) is 25.7 Å². The number of esters is 1. The molecule has 5 nitrogen and oxygen atoms in total. The molecule has 17 heavy (non-hydrogen) atoms. The lowest BCUT2D eigenvalue weighted by Gasteiger charge is -2.29. The molecule has 2 aliphatic heterocycles. The first-order chi connectivity index (χ1) is 8.24. The highest BCUT2D eigenvalue weighted by atomic mass is 16.5. The summed E-state index contributed by atoms with van der Waals surface area (Å²) in [5.41, 5.74) is 0. The van der Waals surface area contributed by atoms with Crippen LogP contribution in [0.25, 0.3) is 0 Å². The van der Waals surface area contributed by atoms with E-state index in [2.05, 4.69) is 0 Å². The topological polar surface area (TPSA) is 55.8 Å². The monoisotopic (exact) mass is 241 g/mol. The number of carbonyl (C=O) groups excluding carboxylic acids is 2. The number of nitrogens with zero attached hydrogens (tertiary/aromatic N) is 1. The van der Waals surface area contributed by atoms with Crippen LogP contribution in [0.3, 0.4) is 0 Å². The van der Waals surface area contributed by atoms with Crippen LogP contribution in [-0.2, 0) is 19.1 Å². The van der Waals surface area contributed by atoms with Crippen molar-refractivity contribution in [1.82, 2.24) is 4.90 Å². The van der Waals surface area contributed by atoms with Crippen molar-refractivity contribution < 1.29 is 19.1 Å². The first-order valence-electron chi connectivity index (χ1n) is 6.20. The Balaban J connectivity index is 1.99. The molecule has 2 aliphatic rings. The van der Waals surface area contributed by atoms with Crippen molar-refractivity contribution in [3.8, 4) is 0 Å². The molecule has 0 aromatic carbocycles.